The Labute approximate surface area is 216 Å². The van der Waals surface area contributed by atoms with Crippen LogP contribution in [0, 0.1) is 11.3 Å². The molecule has 0 aromatic heterocycles. The predicted molar refractivity (Wildman–Crippen MR) is 139 cm³/mol. The smallest absolute Gasteiger partial charge is 0.263 e. The summed E-state index contributed by atoms with van der Waals surface area (Å²) in [5.74, 6) is 0.567. The highest BCUT2D eigenvalue weighted by Gasteiger charge is 2.38. The second-order valence-corrected chi connectivity index (χ2v) is 9.12. The highest BCUT2D eigenvalue weighted by Crippen LogP contribution is 2.34. The van der Waals surface area contributed by atoms with Crippen molar-refractivity contribution in [3.8, 4) is 17.6 Å². The van der Waals surface area contributed by atoms with Crippen molar-refractivity contribution in [2.24, 2.45) is 0 Å². The Bertz CT molecular complexity index is 1390. The quantitative estimate of drug-likeness (QED) is 0.461. The number of rotatable bonds is 7. The predicted octanol–water partition coefficient (Wildman–Crippen LogP) is 3.69. The summed E-state index contributed by atoms with van der Waals surface area (Å²) < 4.78 is 10.7. The van der Waals surface area contributed by atoms with Crippen LogP contribution in [-0.2, 0) is 13.1 Å². The van der Waals surface area contributed by atoms with Crippen LogP contribution in [0.1, 0.15) is 37.4 Å². The summed E-state index contributed by atoms with van der Waals surface area (Å²) >= 11 is 0. The van der Waals surface area contributed by atoms with Crippen LogP contribution in [-0.4, -0.2) is 62.0 Å². The van der Waals surface area contributed by atoms with Crippen LogP contribution in [0.15, 0.2) is 60.7 Å². The van der Waals surface area contributed by atoms with Gasteiger partial charge in [-0.25, -0.2) is 0 Å². The van der Waals surface area contributed by atoms with Crippen LogP contribution in [0.3, 0.4) is 0 Å². The second kappa shape index (κ2) is 10.3. The van der Waals surface area contributed by atoms with Gasteiger partial charge in [-0.1, -0.05) is 30.3 Å². The first-order valence-electron chi connectivity index (χ1n) is 12.2. The number of benzene rings is 3. The molecule has 1 fully saturated rings. The number of amides is 2. The number of piperazine rings is 1. The van der Waals surface area contributed by atoms with Gasteiger partial charge in [0.15, 0.2) is 11.5 Å². The highest BCUT2D eigenvalue weighted by atomic mass is 16.5. The molecule has 3 aromatic carbocycles. The first-order chi connectivity index (χ1) is 18.0. The average molecular weight is 497 g/mol. The van der Waals surface area contributed by atoms with Gasteiger partial charge in [-0.2, -0.15) is 5.26 Å². The summed E-state index contributed by atoms with van der Waals surface area (Å²) in [5.41, 5.74) is 4.20. The molecule has 0 radical (unpaired) electrons. The van der Waals surface area contributed by atoms with Gasteiger partial charge in [-0.15, -0.1) is 0 Å². The zero-order chi connectivity index (χ0) is 25.9. The molecule has 2 heterocycles. The van der Waals surface area contributed by atoms with Gasteiger partial charge < -0.3 is 14.4 Å². The molecule has 0 spiro atoms. The number of imide groups is 1. The molecular weight excluding hydrogens is 468 g/mol. The molecule has 0 unspecified atom stereocenters. The van der Waals surface area contributed by atoms with E-state index in [0.29, 0.717) is 34.7 Å². The first kappa shape index (κ1) is 24.3. The fourth-order valence-electron chi connectivity index (χ4n) is 5.04. The van der Waals surface area contributed by atoms with E-state index in [1.807, 2.05) is 42.5 Å². The van der Waals surface area contributed by atoms with E-state index in [4.69, 9.17) is 9.47 Å². The third kappa shape index (κ3) is 4.61. The van der Waals surface area contributed by atoms with Crippen LogP contribution in [0.2, 0.25) is 0 Å². The Morgan fingerprint density at radius 1 is 0.838 bits per heavy atom. The Kier molecular flexibility index (Phi) is 6.80. The lowest BCUT2D eigenvalue weighted by molar-refractivity contribution is 0.0642. The Morgan fingerprint density at radius 2 is 1.59 bits per heavy atom. The summed E-state index contributed by atoms with van der Waals surface area (Å²) in [5, 5.41) is 9.39. The van der Waals surface area contributed by atoms with Crippen LogP contribution in [0.5, 0.6) is 11.5 Å². The zero-order valence-electron chi connectivity index (χ0n) is 20.9. The third-order valence-corrected chi connectivity index (χ3v) is 7.01. The first-order valence-corrected chi connectivity index (χ1v) is 12.2. The molecule has 2 aliphatic rings. The summed E-state index contributed by atoms with van der Waals surface area (Å²) in [7, 11) is 3.12. The minimum absolute atomic E-state index is 0.151. The molecule has 2 aliphatic heterocycles. The maximum Gasteiger partial charge on any atom is 0.263 e. The molecule has 0 saturated carbocycles. The number of ether oxygens (including phenoxy) is 2. The Morgan fingerprint density at radius 3 is 2.32 bits per heavy atom. The molecule has 2 amide bonds. The van der Waals surface area contributed by atoms with Gasteiger partial charge in [0.25, 0.3) is 11.8 Å². The number of hydrogen-bond acceptors (Lipinski definition) is 7. The topological polar surface area (TPSA) is 86.1 Å². The number of nitrogens with zero attached hydrogens (tertiary/aromatic N) is 4. The normalized spacial score (nSPS) is 15.5. The molecule has 8 nitrogen and oxygen atoms in total. The Hall–Kier alpha value is -4.35. The number of fused-ring (bicyclic) bond motifs is 1. The summed E-state index contributed by atoms with van der Waals surface area (Å²) in [6.45, 7) is 3.89. The van der Waals surface area contributed by atoms with Crippen molar-refractivity contribution in [1.82, 2.24) is 9.80 Å². The molecule has 188 valence electrons. The number of nitriles is 1. The molecule has 3 aromatic rings. The number of methoxy groups -OCH3 is 2. The van der Waals surface area contributed by atoms with E-state index >= 15 is 0 Å². The summed E-state index contributed by atoms with van der Waals surface area (Å²) in [6.07, 6.45) is 0. The molecule has 5 rings (SSSR count). The van der Waals surface area contributed by atoms with Gasteiger partial charge in [-0.3, -0.25) is 19.4 Å². The van der Waals surface area contributed by atoms with Crippen molar-refractivity contribution in [1.29, 1.82) is 5.26 Å². The van der Waals surface area contributed by atoms with Crippen molar-refractivity contribution in [2.75, 3.05) is 45.3 Å². The van der Waals surface area contributed by atoms with Gasteiger partial charge in [0.1, 0.15) is 0 Å². The maximum absolute atomic E-state index is 13.5. The van der Waals surface area contributed by atoms with E-state index in [2.05, 4.69) is 15.9 Å². The minimum Gasteiger partial charge on any atom is -0.493 e. The van der Waals surface area contributed by atoms with Crippen molar-refractivity contribution in [3.63, 3.8) is 0 Å². The lowest BCUT2D eigenvalue weighted by atomic mass is 10.1. The van der Waals surface area contributed by atoms with E-state index in [0.717, 1.165) is 43.0 Å². The number of hydrogen-bond donors (Lipinski definition) is 0. The lowest BCUT2D eigenvalue weighted by Crippen LogP contribution is -2.46. The highest BCUT2D eigenvalue weighted by molar-refractivity contribution is 6.23. The third-order valence-electron chi connectivity index (χ3n) is 7.01. The molecular formula is C29H28N4O4. The van der Waals surface area contributed by atoms with E-state index in [1.165, 1.54) is 4.90 Å². The van der Waals surface area contributed by atoms with Crippen LogP contribution >= 0.6 is 0 Å². The standard InChI is InChI=1S/C29H28N4O4/c1-36-25-11-10-20(16-26(25)37-2)18-33-28(34)23-8-5-9-24(27(23)29(33)35)32-14-12-31(13-15-32)19-22-7-4-3-6-21(22)17-30/h3-11,16H,12-15,18-19H2,1-2H3. The monoisotopic (exact) mass is 496 g/mol. The summed E-state index contributed by atoms with van der Waals surface area (Å²) in [4.78, 5) is 32.5. The van der Waals surface area contributed by atoms with E-state index in [9.17, 15) is 14.9 Å². The van der Waals surface area contributed by atoms with Crippen LogP contribution in [0.25, 0.3) is 0 Å². The number of carbonyl (C=O) groups excluding carboxylic acids is 2. The fraction of sp³-hybridized carbons (Fsp3) is 0.276. The lowest BCUT2D eigenvalue weighted by Gasteiger charge is -2.36. The molecule has 0 atom stereocenters. The van der Waals surface area contributed by atoms with Crippen molar-refractivity contribution in [3.05, 3.63) is 88.5 Å². The van der Waals surface area contributed by atoms with E-state index in [1.54, 1.807) is 32.4 Å². The maximum atomic E-state index is 13.5. The molecule has 8 heteroatoms. The van der Waals surface area contributed by atoms with Gasteiger partial charge in [0, 0.05) is 32.7 Å². The largest absolute Gasteiger partial charge is 0.493 e. The molecule has 1 saturated heterocycles. The average Bonchev–Trinajstić information content (AvgIpc) is 3.18. The van der Waals surface area contributed by atoms with E-state index < -0.39 is 0 Å². The molecule has 0 bridgehead atoms. The molecule has 37 heavy (non-hydrogen) atoms. The van der Waals surface area contributed by atoms with Crippen LogP contribution < -0.4 is 14.4 Å². The molecule has 0 aliphatic carbocycles. The van der Waals surface area contributed by atoms with Crippen molar-refractivity contribution < 1.29 is 19.1 Å². The van der Waals surface area contributed by atoms with Crippen LogP contribution in [0.4, 0.5) is 5.69 Å². The molecule has 0 N–H and O–H groups in total. The SMILES string of the molecule is COc1ccc(CN2C(=O)c3cccc(N4CCN(Cc5ccccc5C#N)CC4)c3C2=O)cc1OC. The zero-order valence-corrected chi connectivity index (χ0v) is 20.9. The van der Waals surface area contributed by atoms with Crippen molar-refractivity contribution in [2.45, 2.75) is 13.1 Å². The minimum atomic E-state index is -0.289. The Balaban J connectivity index is 1.31. The van der Waals surface area contributed by atoms with Gasteiger partial charge >= 0.3 is 0 Å². The van der Waals surface area contributed by atoms with E-state index in [-0.39, 0.29) is 18.4 Å². The second-order valence-electron chi connectivity index (χ2n) is 9.12. The van der Waals surface area contributed by atoms with Gasteiger partial charge in [-0.05, 0) is 41.5 Å². The summed E-state index contributed by atoms with van der Waals surface area (Å²) in [6, 6.07) is 20.8. The van der Waals surface area contributed by atoms with Crippen molar-refractivity contribution >= 4 is 17.5 Å². The van der Waals surface area contributed by atoms with Gasteiger partial charge in [0.2, 0.25) is 0 Å². The number of carbonyl (C=O) groups is 2. The number of anilines is 1. The fourth-order valence-corrected chi connectivity index (χ4v) is 5.04. The van der Waals surface area contributed by atoms with Gasteiger partial charge in [0.05, 0.1) is 49.2 Å².